The van der Waals surface area contributed by atoms with Gasteiger partial charge in [-0.3, -0.25) is 5.10 Å². The van der Waals surface area contributed by atoms with Crippen molar-refractivity contribution in [2.24, 2.45) is 11.8 Å². The average molecular weight is 393 g/mol. The maximum Gasteiger partial charge on any atom is 0.151 e. The lowest BCUT2D eigenvalue weighted by Crippen LogP contribution is -2.46. The summed E-state index contributed by atoms with van der Waals surface area (Å²) >= 11 is 0. The number of phenolic OH excluding ortho intramolecular Hbond substituents is 1. The standard InChI is InChI=1S/C22H24FN5O/c1-28(19-11-13-2-3-15(10-13)22(19)23)21-7-6-18(26-27-21)16-5-4-14(12-20(16)29)17-8-9-24-25-17/h4-9,12-13,15,19,22,29H,2-3,10-11H2,1H3,(H,24,25)/t13-,15+,19+,22-/m1/s1. The van der Waals surface area contributed by atoms with E-state index >= 15 is 0 Å². The molecule has 2 aliphatic carbocycles. The zero-order chi connectivity index (χ0) is 20.0. The third-order valence-corrected chi connectivity index (χ3v) is 6.57. The highest BCUT2D eigenvalue weighted by molar-refractivity contribution is 5.73. The molecule has 0 unspecified atom stereocenters. The molecule has 2 aliphatic rings. The van der Waals surface area contributed by atoms with E-state index in [-0.39, 0.29) is 17.7 Å². The minimum Gasteiger partial charge on any atom is -0.507 e. The van der Waals surface area contributed by atoms with E-state index < -0.39 is 6.17 Å². The molecule has 1 aromatic carbocycles. The van der Waals surface area contributed by atoms with Crippen molar-refractivity contribution in [2.45, 2.75) is 37.9 Å². The van der Waals surface area contributed by atoms with Crippen molar-refractivity contribution in [1.82, 2.24) is 20.4 Å². The number of phenols is 1. The van der Waals surface area contributed by atoms with Crippen molar-refractivity contribution >= 4 is 5.82 Å². The number of anilines is 1. The molecule has 2 fully saturated rings. The van der Waals surface area contributed by atoms with Crippen molar-refractivity contribution in [3.8, 4) is 28.3 Å². The number of rotatable bonds is 4. The lowest BCUT2D eigenvalue weighted by atomic mass is 9.83. The van der Waals surface area contributed by atoms with Gasteiger partial charge in [0.05, 0.1) is 17.4 Å². The molecular formula is C22H24FN5O. The Morgan fingerprint density at radius 2 is 2.00 bits per heavy atom. The van der Waals surface area contributed by atoms with Gasteiger partial charge < -0.3 is 10.0 Å². The van der Waals surface area contributed by atoms with Crippen LogP contribution in [0.1, 0.15) is 25.7 Å². The van der Waals surface area contributed by atoms with E-state index in [1.807, 2.05) is 42.3 Å². The van der Waals surface area contributed by atoms with Crippen molar-refractivity contribution in [3.63, 3.8) is 0 Å². The van der Waals surface area contributed by atoms with Crippen LogP contribution in [-0.2, 0) is 0 Å². The van der Waals surface area contributed by atoms with Gasteiger partial charge in [-0.25, -0.2) is 4.39 Å². The topological polar surface area (TPSA) is 77.9 Å². The Kier molecular flexibility index (Phi) is 4.45. The number of halogens is 1. The van der Waals surface area contributed by atoms with Gasteiger partial charge in [-0.1, -0.05) is 6.07 Å². The summed E-state index contributed by atoms with van der Waals surface area (Å²) in [6, 6.07) is 10.8. The number of hydrogen-bond acceptors (Lipinski definition) is 5. The van der Waals surface area contributed by atoms with Crippen molar-refractivity contribution in [3.05, 3.63) is 42.6 Å². The van der Waals surface area contributed by atoms with Crippen LogP contribution in [0.2, 0.25) is 0 Å². The summed E-state index contributed by atoms with van der Waals surface area (Å²) in [5.41, 5.74) is 2.86. The molecular weight excluding hydrogens is 369 g/mol. The second-order valence-electron chi connectivity index (χ2n) is 8.28. The van der Waals surface area contributed by atoms with Crippen LogP contribution in [0.4, 0.5) is 10.2 Å². The minimum atomic E-state index is -0.806. The molecule has 6 nitrogen and oxygen atoms in total. The Hall–Kier alpha value is -2.96. The third kappa shape index (κ3) is 3.24. The van der Waals surface area contributed by atoms with Crippen LogP contribution < -0.4 is 4.90 Å². The van der Waals surface area contributed by atoms with Gasteiger partial charge in [-0.05, 0) is 67.9 Å². The molecule has 7 heteroatoms. The van der Waals surface area contributed by atoms with E-state index in [0.29, 0.717) is 23.0 Å². The Balaban J connectivity index is 1.36. The van der Waals surface area contributed by atoms with E-state index in [4.69, 9.17) is 0 Å². The second-order valence-corrected chi connectivity index (χ2v) is 8.28. The van der Waals surface area contributed by atoms with Gasteiger partial charge in [0.1, 0.15) is 11.9 Å². The van der Waals surface area contributed by atoms with Gasteiger partial charge in [0, 0.05) is 24.4 Å². The lowest BCUT2D eigenvalue weighted by molar-refractivity contribution is 0.144. The Labute approximate surface area is 168 Å². The van der Waals surface area contributed by atoms with Crippen LogP contribution in [0.3, 0.4) is 0 Å². The van der Waals surface area contributed by atoms with E-state index in [2.05, 4.69) is 20.4 Å². The summed E-state index contributed by atoms with van der Waals surface area (Å²) in [7, 11) is 1.91. The normalized spacial score (nSPS) is 25.9. The van der Waals surface area contributed by atoms with E-state index in [1.54, 1.807) is 12.3 Å². The fraction of sp³-hybridized carbons (Fsp3) is 0.409. The third-order valence-electron chi connectivity index (χ3n) is 6.57. The van der Waals surface area contributed by atoms with Gasteiger partial charge in [-0.15, -0.1) is 10.2 Å². The fourth-order valence-corrected chi connectivity index (χ4v) is 4.93. The van der Waals surface area contributed by atoms with E-state index in [1.165, 1.54) is 0 Å². The molecule has 2 bridgehead atoms. The van der Waals surface area contributed by atoms with Gasteiger partial charge in [0.25, 0.3) is 0 Å². The quantitative estimate of drug-likeness (QED) is 0.695. The lowest BCUT2D eigenvalue weighted by Gasteiger charge is -2.38. The van der Waals surface area contributed by atoms with Crippen LogP contribution in [0.25, 0.3) is 22.5 Å². The maximum absolute atomic E-state index is 14.9. The van der Waals surface area contributed by atoms with Crippen LogP contribution in [-0.4, -0.2) is 44.8 Å². The predicted molar refractivity (Wildman–Crippen MR) is 109 cm³/mol. The minimum absolute atomic E-state index is 0.125. The predicted octanol–water partition coefficient (Wildman–Crippen LogP) is 4.20. The molecule has 29 heavy (non-hydrogen) atoms. The number of nitrogens with zero attached hydrogens (tertiary/aromatic N) is 4. The molecule has 0 radical (unpaired) electrons. The Morgan fingerprint density at radius 1 is 1.10 bits per heavy atom. The van der Waals surface area contributed by atoms with E-state index in [9.17, 15) is 9.50 Å². The number of aromatic nitrogens is 4. The molecule has 2 N–H and O–H groups in total. The number of alkyl halides is 1. The molecule has 2 heterocycles. The number of nitrogens with one attached hydrogen (secondary N) is 1. The van der Waals surface area contributed by atoms with Crippen molar-refractivity contribution in [2.75, 3.05) is 11.9 Å². The molecule has 5 rings (SSSR count). The summed E-state index contributed by atoms with van der Waals surface area (Å²) in [5.74, 6) is 1.62. The zero-order valence-electron chi connectivity index (χ0n) is 16.3. The summed E-state index contributed by atoms with van der Waals surface area (Å²) < 4.78 is 14.9. The van der Waals surface area contributed by atoms with Gasteiger partial charge >= 0.3 is 0 Å². The number of hydrogen-bond donors (Lipinski definition) is 2. The molecule has 4 atom stereocenters. The number of aromatic hydroxyl groups is 1. The highest BCUT2D eigenvalue weighted by Gasteiger charge is 2.44. The van der Waals surface area contributed by atoms with Gasteiger partial charge in [-0.2, -0.15) is 5.10 Å². The highest BCUT2D eigenvalue weighted by Crippen LogP contribution is 2.45. The monoisotopic (exact) mass is 393 g/mol. The maximum atomic E-state index is 14.9. The van der Waals surface area contributed by atoms with Crippen LogP contribution in [0.5, 0.6) is 5.75 Å². The molecule has 0 spiro atoms. The molecule has 0 saturated heterocycles. The average Bonchev–Trinajstić information content (AvgIpc) is 3.41. The number of aromatic amines is 1. The summed E-state index contributed by atoms with van der Waals surface area (Å²) in [6.07, 6.45) is 4.93. The first-order chi connectivity index (χ1) is 14.1. The summed E-state index contributed by atoms with van der Waals surface area (Å²) in [5, 5.41) is 25.9. The zero-order valence-corrected chi connectivity index (χ0v) is 16.3. The van der Waals surface area contributed by atoms with Crippen LogP contribution >= 0.6 is 0 Å². The first-order valence-electron chi connectivity index (χ1n) is 10.1. The Bertz CT molecular complexity index is 991. The number of fused-ring (bicyclic) bond motifs is 2. The van der Waals surface area contributed by atoms with E-state index in [0.717, 1.165) is 36.9 Å². The van der Waals surface area contributed by atoms with Crippen molar-refractivity contribution in [1.29, 1.82) is 0 Å². The molecule has 150 valence electrons. The molecule has 0 aliphatic heterocycles. The SMILES string of the molecule is CN(c1ccc(-c2ccc(-c3ccn[nH]3)cc2O)nn1)[C@H]1C[C@@H]2CC[C@@H](C2)[C@H]1F. The van der Waals surface area contributed by atoms with Gasteiger partial charge in [0.2, 0.25) is 0 Å². The largest absolute Gasteiger partial charge is 0.507 e. The molecule has 3 aromatic rings. The fourth-order valence-electron chi connectivity index (χ4n) is 4.93. The summed E-state index contributed by atoms with van der Waals surface area (Å²) in [6.45, 7) is 0. The highest BCUT2D eigenvalue weighted by atomic mass is 19.1. The Morgan fingerprint density at radius 3 is 2.72 bits per heavy atom. The molecule has 2 saturated carbocycles. The van der Waals surface area contributed by atoms with Crippen LogP contribution in [0.15, 0.2) is 42.6 Å². The summed E-state index contributed by atoms with van der Waals surface area (Å²) in [4.78, 5) is 1.94. The smallest absolute Gasteiger partial charge is 0.151 e. The van der Waals surface area contributed by atoms with Crippen LogP contribution in [0, 0.1) is 11.8 Å². The van der Waals surface area contributed by atoms with Crippen molar-refractivity contribution < 1.29 is 9.50 Å². The number of benzene rings is 1. The molecule has 0 amide bonds. The first kappa shape index (κ1) is 18.1. The second kappa shape index (κ2) is 7.13. The number of H-pyrrole nitrogens is 1. The molecule has 2 aromatic heterocycles. The first-order valence-corrected chi connectivity index (χ1v) is 10.1. The van der Waals surface area contributed by atoms with Gasteiger partial charge in [0.15, 0.2) is 5.82 Å².